The molecular formula is C29H45ClN4O9. The molecular weight excluding hydrogens is 584 g/mol. The van der Waals surface area contributed by atoms with Crippen LogP contribution < -0.4 is 16.4 Å². The predicted octanol–water partition coefficient (Wildman–Crippen LogP) is 2.25. The van der Waals surface area contributed by atoms with Crippen molar-refractivity contribution in [1.29, 1.82) is 0 Å². The molecule has 0 saturated carbocycles. The van der Waals surface area contributed by atoms with E-state index in [1.165, 1.54) is 13.8 Å². The predicted molar refractivity (Wildman–Crippen MR) is 158 cm³/mol. The second-order valence-corrected chi connectivity index (χ2v) is 12.7. The molecule has 43 heavy (non-hydrogen) atoms. The van der Waals surface area contributed by atoms with Crippen LogP contribution in [0.3, 0.4) is 0 Å². The molecule has 3 amide bonds. The van der Waals surface area contributed by atoms with Gasteiger partial charge in [-0.05, 0) is 43.9 Å². The Balaban J connectivity index is 1.90. The van der Waals surface area contributed by atoms with Crippen molar-refractivity contribution in [1.82, 2.24) is 15.5 Å². The number of carbonyl (C=O) groups is 4. The van der Waals surface area contributed by atoms with Crippen LogP contribution in [0.2, 0.25) is 5.02 Å². The monoisotopic (exact) mass is 628 g/mol. The number of hydrogen-bond donors (Lipinski definition) is 5. The van der Waals surface area contributed by atoms with Crippen molar-refractivity contribution in [3.05, 3.63) is 34.9 Å². The van der Waals surface area contributed by atoms with Gasteiger partial charge in [-0.25, -0.2) is 9.59 Å². The molecule has 1 heterocycles. The number of nitrogens with two attached hydrogens (primary N) is 1. The van der Waals surface area contributed by atoms with E-state index in [0.717, 1.165) is 5.56 Å². The highest BCUT2D eigenvalue weighted by molar-refractivity contribution is 6.30. The molecule has 1 aromatic carbocycles. The van der Waals surface area contributed by atoms with Crippen LogP contribution in [0.1, 0.15) is 59.9 Å². The topological polar surface area (TPSA) is 190 Å². The fraction of sp³-hybridized carbons (Fsp3) is 0.655. The lowest BCUT2D eigenvalue weighted by atomic mass is 9.66. The summed E-state index contributed by atoms with van der Waals surface area (Å²) in [5.74, 6) is -1.32. The Labute approximate surface area is 257 Å². The zero-order chi connectivity index (χ0) is 32.6. The number of hydrogen-bond acceptors (Lipinski definition) is 10. The van der Waals surface area contributed by atoms with Crippen molar-refractivity contribution in [2.75, 3.05) is 33.0 Å². The van der Waals surface area contributed by atoms with Gasteiger partial charge in [0.25, 0.3) is 0 Å². The van der Waals surface area contributed by atoms with Crippen molar-refractivity contribution < 1.29 is 43.6 Å². The molecule has 13 nitrogen and oxygen atoms in total. The van der Waals surface area contributed by atoms with Gasteiger partial charge in [0.1, 0.15) is 11.6 Å². The first-order valence-corrected chi connectivity index (χ1v) is 14.5. The molecule has 2 rings (SSSR count). The number of ether oxygens (including phenoxy) is 3. The molecule has 0 bridgehead atoms. The minimum Gasteiger partial charge on any atom is -0.428 e. The molecule has 1 saturated heterocycles. The van der Waals surface area contributed by atoms with Gasteiger partial charge in [-0.2, -0.15) is 0 Å². The van der Waals surface area contributed by atoms with E-state index in [0.29, 0.717) is 18.0 Å². The van der Waals surface area contributed by atoms with Crippen LogP contribution in [-0.4, -0.2) is 89.9 Å². The fourth-order valence-corrected chi connectivity index (χ4v) is 4.86. The third-order valence-corrected chi connectivity index (χ3v) is 7.66. The summed E-state index contributed by atoms with van der Waals surface area (Å²) in [5.41, 5.74) is 2.86. The van der Waals surface area contributed by atoms with Crippen molar-refractivity contribution in [3.63, 3.8) is 0 Å². The van der Waals surface area contributed by atoms with E-state index < -0.39 is 53.7 Å². The van der Waals surface area contributed by atoms with E-state index in [4.69, 9.17) is 26.8 Å². The van der Waals surface area contributed by atoms with Gasteiger partial charge in [0, 0.05) is 30.1 Å². The lowest BCUT2D eigenvalue weighted by molar-refractivity contribution is -0.156. The summed E-state index contributed by atoms with van der Waals surface area (Å²) in [6.45, 7) is 10.1. The normalized spacial score (nSPS) is 19.7. The van der Waals surface area contributed by atoms with Crippen LogP contribution in [0, 0.1) is 11.3 Å². The highest BCUT2D eigenvalue weighted by Gasteiger charge is 2.50. The summed E-state index contributed by atoms with van der Waals surface area (Å²) in [6, 6.07) is 5.55. The molecule has 14 heteroatoms. The van der Waals surface area contributed by atoms with E-state index in [1.807, 2.05) is 27.7 Å². The van der Waals surface area contributed by atoms with E-state index in [1.54, 1.807) is 29.2 Å². The second kappa shape index (κ2) is 15.0. The van der Waals surface area contributed by atoms with E-state index in [2.05, 4.69) is 15.4 Å². The first-order chi connectivity index (χ1) is 19.9. The Hall–Kier alpha value is -3.13. The standard InChI is InChI=1S/C29H45ClN4O9/c1-18(2)23(24(37)34-12-11-29(40,27(3,4)16-34)19-7-9-20(30)10-8-19)33-25(38)32-15-28(5,6)43-26(39)42-17-41-22(36)13-21(35)14-31/h7-10,18,21,23,35,40H,11-17,31H2,1-6H3,(H2,32,33,38). The average molecular weight is 629 g/mol. The third kappa shape index (κ3) is 10.2. The number of aliphatic hydroxyl groups is 2. The number of aliphatic hydroxyl groups excluding tert-OH is 1. The molecule has 0 aliphatic carbocycles. The minimum absolute atomic E-state index is 0.120. The highest BCUT2D eigenvalue weighted by Crippen LogP contribution is 2.46. The Morgan fingerprint density at radius 1 is 1.14 bits per heavy atom. The summed E-state index contributed by atoms with van der Waals surface area (Å²) < 4.78 is 14.6. The summed E-state index contributed by atoms with van der Waals surface area (Å²) in [7, 11) is 0. The van der Waals surface area contributed by atoms with Gasteiger partial charge < -0.3 is 45.7 Å². The summed E-state index contributed by atoms with van der Waals surface area (Å²) in [4.78, 5) is 51.5. The van der Waals surface area contributed by atoms with Crippen molar-refractivity contribution in [2.45, 2.75) is 77.7 Å². The molecule has 1 aliphatic heterocycles. The molecule has 3 atom stereocenters. The quantitative estimate of drug-likeness (QED) is 0.169. The van der Waals surface area contributed by atoms with Crippen LogP contribution in [0.5, 0.6) is 0 Å². The first kappa shape index (κ1) is 36.1. The first-order valence-electron chi connectivity index (χ1n) is 14.1. The molecule has 1 aromatic rings. The number of rotatable bonds is 12. The number of benzene rings is 1. The lowest BCUT2D eigenvalue weighted by Crippen LogP contribution is -2.61. The number of esters is 1. The number of likely N-dealkylation sites (tertiary alicyclic amines) is 1. The molecule has 0 radical (unpaired) electrons. The van der Waals surface area contributed by atoms with Gasteiger partial charge in [0.2, 0.25) is 12.7 Å². The molecule has 1 aliphatic rings. The van der Waals surface area contributed by atoms with Crippen molar-refractivity contribution in [2.24, 2.45) is 17.1 Å². The zero-order valence-electron chi connectivity index (χ0n) is 25.6. The SMILES string of the molecule is CC(C)C(NC(=O)NCC(C)(C)OC(=O)OCOC(=O)CC(O)CN)C(=O)N1CCC(O)(c2ccc(Cl)cc2)C(C)(C)C1. The van der Waals surface area contributed by atoms with Gasteiger partial charge in [-0.1, -0.05) is 51.4 Å². The maximum atomic E-state index is 13.6. The smallest absolute Gasteiger partial charge is 0.428 e. The van der Waals surface area contributed by atoms with Crippen LogP contribution in [0.4, 0.5) is 9.59 Å². The Morgan fingerprint density at radius 3 is 2.33 bits per heavy atom. The van der Waals surface area contributed by atoms with Gasteiger partial charge in [0.15, 0.2) is 0 Å². The van der Waals surface area contributed by atoms with Crippen molar-refractivity contribution in [3.8, 4) is 0 Å². The fourth-order valence-electron chi connectivity index (χ4n) is 4.74. The number of halogens is 1. The Bertz CT molecular complexity index is 1130. The third-order valence-electron chi connectivity index (χ3n) is 7.41. The number of amides is 3. The summed E-state index contributed by atoms with van der Waals surface area (Å²) >= 11 is 6.03. The molecule has 6 N–H and O–H groups in total. The number of nitrogens with zero attached hydrogens (tertiary/aromatic N) is 1. The highest BCUT2D eigenvalue weighted by atomic mass is 35.5. The van der Waals surface area contributed by atoms with Crippen molar-refractivity contribution >= 4 is 35.7 Å². The summed E-state index contributed by atoms with van der Waals surface area (Å²) in [6.07, 6.45) is -2.24. The van der Waals surface area contributed by atoms with Gasteiger partial charge in [0.05, 0.1) is 24.7 Å². The number of urea groups is 1. The Kier molecular flexibility index (Phi) is 12.6. The maximum Gasteiger partial charge on any atom is 0.511 e. The van der Waals surface area contributed by atoms with E-state index in [9.17, 15) is 29.4 Å². The Morgan fingerprint density at radius 2 is 1.77 bits per heavy atom. The van der Waals surface area contributed by atoms with Crippen LogP contribution in [0.25, 0.3) is 0 Å². The lowest BCUT2D eigenvalue weighted by Gasteiger charge is -2.51. The minimum atomic E-state index is -1.21. The molecule has 3 unspecified atom stereocenters. The molecule has 0 aromatic heterocycles. The molecule has 1 fully saturated rings. The number of nitrogens with one attached hydrogen (secondary N) is 2. The maximum absolute atomic E-state index is 13.6. The zero-order valence-corrected chi connectivity index (χ0v) is 26.4. The van der Waals surface area contributed by atoms with Gasteiger partial charge in [-0.15, -0.1) is 0 Å². The van der Waals surface area contributed by atoms with Gasteiger partial charge in [-0.3, -0.25) is 9.59 Å². The second-order valence-electron chi connectivity index (χ2n) is 12.3. The number of carbonyl (C=O) groups excluding carboxylic acids is 4. The van der Waals surface area contributed by atoms with Gasteiger partial charge >= 0.3 is 18.2 Å². The largest absolute Gasteiger partial charge is 0.511 e. The van der Waals surface area contributed by atoms with Crippen LogP contribution in [0.15, 0.2) is 24.3 Å². The number of piperidine rings is 1. The molecule has 242 valence electrons. The molecule has 0 spiro atoms. The van der Waals surface area contributed by atoms with Crippen LogP contribution in [-0.2, 0) is 29.4 Å². The van der Waals surface area contributed by atoms with E-state index >= 15 is 0 Å². The average Bonchev–Trinajstić information content (AvgIpc) is 2.91. The van der Waals surface area contributed by atoms with Crippen LogP contribution >= 0.6 is 11.6 Å². The van der Waals surface area contributed by atoms with E-state index in [-0.39, 0.29) is 37.9 Å². The summed E-state index contributed by atoms with van der Waals surface area (Å²) in [5, 5.41) is 26.8.